The molecule has 0 atom stereocenters. The zero-order valence-electron chi connectivity index (χ0n) is 8.59. The first-order valence-electron chi connectivity index (χ1n) is 4.28. The zero-order chi connectivity index (χ0) is 12.3. The molecule has 3 nitrogen and oxygen atoms in total. The lowest BCUT2D eigenvalue weighted by Gasteiger charge is -2.10. The van der Waals surface area contributed by atoms with Crippen molar-refractivity contribution in [3.05, 3.63) is 29.3 Å². The number of esters is 1. The van der Waals surface area contributed by atoms with E-state index in [9.17, 15) is 18.0 Å². The van der Waals surface area contributed by atoms with Crippen LogP contribution < -0.4 is 4.74 Å². The molecule has 0 aliphatic carbocycles. The van der Waals surface area contributed by atoms with Crippen LogP contribution in [0.1, 0.15) is 15.9 Å². The van der Waals surface area contributed by atoms with Crippen LogP contribution >= 0.6 is 0 Å². The quantitative estimate of drug-likeness (QED) is 0.738. The van der Waals surface area contributed by atoms with Crippen LogP contribution in [-0.2, 0) is 4.74 Å². The molecule has 0 fully saturated rings. The van der Waals surface area contributed by atoms with Crippen molar-refractivity contribution >= 4 is 5.97 Å². The number of carbonyl (C=O) groups is 1. The maximum atomic E-state index is 11.9. The number of carbonyl (C=O) groups excluding carboxylic acids is 1. The Morgan fingerprint density at radius 2 is 1.94 bits per heavy atom. The molecular weight excluding hydrogens is 225 g/mol. The molecule has 0 saturated carbocycles. The lowest BCUT2D eigenvalue weighted by Crippen LogP contribution is -2.17. The predicted molar refractivity (Wildman–Crippen MR) is 49.2 cm³/mol. The number of aryl methyl sites for hydroxylation is 1. The Kier molecular flexibility index (Phi) is 3.41. The van der Waals surface area contributed by atoms with Crippen molar-refractivity contribution in [2.45, 2.75) is 13.3 Å². The molecule has 0 aromatic heterocycles. The van der Waals surface area contributed by atoms with Gasteiger partial charge >= 0.3 is 12.3 Å². The van der Waals surface area contributed by atoms with Crippen LogP contribution in [0.2, 0.25) is 0 Å². The Bertz CT molecular complexity index is 399. The van der Waals surface area contributed by atoms with Crippen LogP contribution in [0.5, 0.6) is 5.75 Å². The number of hydrogen-bond acceptors (Lipinski definition) is 3. The molecule has 0 saturated heterocycles. The van der Waals surface area contributed by atoms with E-state index in [0.717, 1.165) is 19.2 Å². The van der Waals surface area contributed by atoms with E-state index in [2.05, 4.69) is 9.47 Å². The van der Waals surface area contributed by atoms with Gasteiger partial charge in [-0.15, -0.1) is 13.2 Å². The highest BCUT2D eigenvalue weighted by atomic mass is 19.4. The van der Waals surface area contributed by atoms with Crippen LogP contribution in [-0.4, -0.2) is 19.4 Å². The summed E-state index contributed by atoms with van der Waals surface area (Å²) in [6.45, 7) is 1.59. The van der Waals surface area contributed by atoms with E-state index in [4.69, 9.17) is 0 Å². The summed E-state index contributed by atoms with van der Waals surface area (Å²) in [5, 5.41) is 0. The first-order chi connectivity index (χ1) is 7.33. The van der Waals surface area contributed by atoms with Crippen LogP contribution in [0.3, 0.4) is 0 Å². The molecule has 16 heavy (non-hydrogen) atoms. The Balaban J connectivity index is 3.03. The number of benzene rings is 1. The fourth-order valence-electron chi connectivity index (χ4n) is 1.13. The molecule has 0 amide bonds. The monoisotopic (exact) mass is 234 g/mol. The highest BCUT2D eigenvalue weighted by molar-refractivity contribution is 5.91. The van der Waals surface area contributed by atoms with Gasteiger partial charge in [0, 0.05) is 0 Å². The second-order valence-corrected chi connectivity index (χ2v) is 3.02. The summed E-state index contributed by atoms with van der Waals surface area (Å²) < 4.78 is 43.9. The fourth-order valence-corrected chi connectivity index (χ4v) is 1.13. The van der Waals surface area contributed by atoms with Crippen LogP contribution in [0.25, 0.3) is 0 Å². The van der Waals surface area contributed by atoms with Crippen molar-refractivity contribution in [3.8, 4) is 5.75 Å². The summed E-state index contributed by atoms with van der Waals surface area (Å²) in [5.41, 5.74) is 0.561. The smallest absolute Gasteiger partial charge is 0.465 e. The fraction of sp³-hybridized carbons (Fsp3) is 0.300. The van der Waals surface area contributed by atoms with Crippen LogP contribution in [0.15, 0.2) is 18.2 Å². The molecule has 1 aromatic carbocycles. The van der Waals surface area contributed by atoms with E-state index < -0.39 is 18.1 Å². The van der Waals surface area contributed by atoms with E-state index in [1.54, 1.807) is 6.92 Å². The second-order valence-electron chi connectivity index (χ2n) is 3.02. The molecule has 0 spiro atoms. The number of ether oxygens (including phenoxy) is 2. The standard InChI is InChI=1S/C10H9F3O3/c1-6-3-4-7(16-10(11,12)13)5-8(6)9(14)15-2/h3-5H,1-2H3. The molecule has 1 rings (SSSR count). The SMILES string of the molecule is COC(=O)c1cc(OC(F)(F)F)ccc1C. The largest absolute Gasteiger partial charge is 0.573 e. The minimum atomic E-state index is -4.78. The van der Waals surface area contributed by atoms with E-state index >= 15 is 0 Å². The van der Waals surface area contributed by atoms with Crippen molar-refractivity contribution in [1.82, 2.24) is 0 Å². The number of hydrogen-bond donors (Lipinski definition) is 0. The Morgan fingerprint density at radius 1 is 1.31 bits per heavy atom. The molecule has 0 aliphatic heterocycles. The first kappa shape index (κ1) is 12.4. The van der Waals surface area contributed by atoms with Gasteiger partial charge in [-0.1, -0.05) is 6.07 Å². The van der Waals surface area contributed by atoms with E-state index in [-0.39, 0.29) is 5.56 Å². The van der Waals surface area contributed by atoms with Gasteiger partial charge in [-0.3, -0.25) is 0 Å². The van der Waals surface area contributed by atoms with Gasteiger partial charge < -0.3 is 9.47 Å². The summed E-state index contributed by atoms with van der Waals surface area (Å²) >= 11 is 0. The first-order valence-corrected chi connectivity index (χ1v) is 4.28. The van der Waals surface area contributed by atoms with E-state index in [1.165, 1.54) is 6.07 Å². The maximum absolute atomic E-state index is 11.9. The molecule has 0 unspecified atom stereocenters. The van der Waals surface area contributed by atoms with Gasteiger partial charge in [-0.25, -0.2) is 4.79 Å². The minimum absolute atomic E-state index is 0.0456. The third-order valence-electron chi connectivity index (χ3n) is 1.85. The highest BCUT2D eigenvalue weighted by Crippen LogP contribution is 2.25. The lowest BCUT2D eigenvalue weighted by molar-refractivity contribution is -0.274. The van der Waals surface area contributed by atoms with Crippen molar-refractivity contribution in [3.63, 3.8) is 0 Å². The summed E-state index contributed by atoms with van der Waals surface area (Å²) in [4.78, 5) is 11.2. The Morgan fingerprint density at radius 3 is 2.44 bits per heavy atom. The molecule has 0 radical (unpaired) electrons. The molecule has 0 heterocycles. The number of rotatable bonds is 2. The third kappa shape index (κ3) is 3.15. The van der Waals surface area contributed by atoms with Crippen LogP contribution in [0, 0.1) is 6.92 Å². The highest BCUT2D eigenvalue weighted by Gasteiger charge is 2.31. The van der Waals surface area contributed by atoms with Gasteiger partial charge in [0.25, 0.3) is 0 Å². The maximum Gasteiger partial charge on any atom is 0.573 e. The minimum Gasteiger partial charge on any atom is -0.465 e. The summed E-state index contributed by atoms with van der Waals surface area (Å²) in [6, 6.07) is 3.48. The van der Waals surface area contributed by atoms with Gasteiger partial charge in [0.1, 0.15) is 5.75 Å². The molecular formula is C10H9F3O3. The normalized spacial score (nSPS) is 11.1. The van der Waals surface area contributed by atoms with Crippen LogP contribution in [0.4, 0.5) is 13.2 Å². The van der Waals surface area contributed by atoms with E-state index in [1.807, 2.05) is 0 Å². The topological polar surface area (TPSA) is 35.5 Å². The summed E-state index contributed by atoms with van der Waals surface area (Å²) in [6.07, 6.45) is -4.78. The molecule has 0 aliphatic rings. The third-order valence-corrected chi connectivity index (χ3v) is 1.85. The summed E-state index contributed by atoms with van der Waals surface area (Å²) in [7, 11) is 1.15. The molecule has 0 bridgehead atoms. The van der Waals surface area contributed by atoms with Gasteiger partial charge in [-0.05, 0) is 24.6 Å². The zero-order valence-corrected chi connectivity index (χ0v) is 8.59. The Labute approximate surface area is 89.8 Å². The van der Waals surface area contributed by atoms with Crippen molar-refractivity contribution in [2.24, 2.45) is 0 Å². The molecule has 1 aromatic rings. The van der Waals surface area contributed by atoms with Crippen molar-refractivity contribution in [1.29, 1.82) is 0 Å². The van der Waals surface area contributed by atoms with Gasteiger partial charge in [0.15, 0.2) is 0 Å². The Hall–Kier alpha value is -1.72. The summed E-state index contributed by atoms with van der Waals surface area (Å²) in [5.74, 6) is -1.15. The lowest BCUT2D eigenvalue weighted by atomic mass is 10.1. The molecule has 88 valence electrons. The van der Waals surface area contributed by atoms with Gasteiger partial charge in [0.2, 0.25) is 0 Å². The van der Waals surface area contributed by atoms with Crippen molar-refractivity contribution < 1.29 is 27.4 Å². The number of alkyl halides is 3. The molecule has 6 heteroatoms. The average molecular weight is 234 g/mol. The van der Waals surface area contributed by atoms with E-state index in [0.29, 0.717) is 5.56 Å². The van der Waals surface area contributed by atoms with Gasteiger partial charge in [0.05, 0.1) is 12.7 Å². The predicted octanol–water partition coefficient (Wildman–Crippen LogP) is 2.68. The van der Waals surface area contributed by atoms with Gasteiger partial charge in [-0.2, -0.15) is 0 Å². The molecule has 0 N–H and O–H groups in total. The average Bonchev–Trinajstić information content (AvgIpc) is 2.18. The number of methoxy groups -OCH3 is 1. The number of halogens is 3. The second kappa shape index (κ2) is 4.42. The van der Waals surface area contributed by atoms with Crippen molar-refractivity contribution in [2.75, 3.05) is 7.11 Å².